The summed E-state index contributed by atoms with van der Waals surface area (Å²) in [7, 11) is 3.07. The number of carbonyl (C=O) groups is 1. The van der Waals surface area contributed by atoms with Gasteiger partial charge in [0.15, 0.2) is 11.5 Å². The van der Waals surface area contributed by atoms with E-state index in [1.165, 1.54) is 7.11 Å². The van der Waals surface area contributed by atoms with E-state index in [0.717, 1.165) is 6.54 Å². The van der Waals surface area contributed by atoms with Crippen molar-refractivity contribution in [3.05, 3.63) is 23.8 Å². The number of amides is 1. The normalized spacial score (nSPS) is 10.4. The fraction of sp³-hybridized carbons (Fsp3) is 0.500. The number of hydrogen-bond acceptors (Lipinski definition) is 4. The molecule has 0 aromatic heterocycles. The number of hydrogen-bond donors (Lipinski definition) is 2. The molecule has 19 heavy (non-hydrogen) atoms. The fourth-order valence-corrected chi connectivity index (χ4v) is 1.70. The van der Waals surface area contributed by atoms with Gasteiger partial charge in [0.1, 0.15) is 0 Å². The van der Waals surface area contributed by atoms with Crippen LogP contribution in [0.4, 0.5) is 0 Å². The Hall–Kier alpha value is -1.75. The minimum atomic E-state index is -0.165. The van der Waals surface area contributed by atoms with E-state index < -0.39 is 0 Å². The lowest BCUT2D eigenvalue weighted by molar-refractivity contribution is 0.0950. The van der Waals surface area contributed by atoms with Crippen LogP contribution in [-0.2, 0) is 0 Å². The highest BCUT2D eigenvalue weighted by molar-refractivity contribution is 5.97. The Bertz CT molecular complexity index is 419. The molecule has 0 saturated heterocycles. The number of nitrogens with one attached hydrogen (secondary N) is 2. The number of rotatable bonds is 7. The number of methoxy groups -OCH3 is 2. The molecule has 0 radical (unpaired) electrons. The molecule has 0 bridgehead atoms. The number of ether oxygens (including phenoxy) is 2. The molecule has 0 aliphatic heterocycles. The van der Waals surface area contributed by atoms with Crippen LogP contribution in [-0.4, -0.2) is 39.3 Å². The van der Waals surface area contributed by atoms with Crippen molar-refractivity contribution in [2.24, 2.45) is 0 Å². The second kappa shape index (κ2) is 7.63. The molecule has 0 aliphatic rings. The maximum absolute atomic E-state index is 12.1. The summed E-state index contributed by atoms with van der Waals surface area (Å²) >= 11 is 0. The van der Waals surface area contributed by atoms with Gasteiger partial charge in [0.2, 0.25) is 0 Å². The van der Waals surface area contributed by atoms with E-state index in [1.807, 2.05) is 0 Å². The van der Waals surface area contributed by atoms with E-state index in [1.54, 1.807) is 25.3 Å². The Kier molecular flexibility index (Phi) is 6.15. The third kappa shape index (κ3) is 4.44. The largest absolute Gasteiger partial charge is 0.493 e. The van der Waals surface area contributed by atoms with Crippen molar-refractivity contribution in [2.45, 2.75) is 19.9 Å². The van der Waals surface area contributed by atoms with Gasteiger partial charge in [0.25, 0.3) is 5.91 Å². The summed E-state index contributed by atoms with van der Waals surface area (Å²) in [6, 6.07) is 5.65. The Morgan fingerprint density at radius 2 is 1.95 bits per heavy atom. The lowest BCUT2D eigenvalue weighted by Crippen LogP contribution is -2.34. The first-order chi connectivity index (χ1) is 9.10. The minimum Gasteiger partial charge on any atom is -0.493 e. The van der Waals surface area contributed by atoms with Crippen molar-refractivity contribution in [3.63, 3.8) is 0 Å². The van der Waals surface area contributed by atoms with Gasteiger partial charge in [0.05, 0.1) is 19.8 Å². The van der Waals surface area contributed by atoms with Crippen LogP contribution in [0.25, 0.3) is 0 Å². The second-order valence-electron chi connectivity index (χ2n) is 4.41. The zero-order chi connectivity index (χ0) is 14.3. The van der Waals surface area contributed by atoms with Crippen LogP contribution in [0.2, 0.25) is 0 Å². The predicted molar refractivity (Wildman–Crippen MR) is 75.0 cm³/mol. The molecule has 0 heterocycles. The van der Waals surface area contributed by atoms with Gasteiger partial charge in [-0.1, -0.05) is 19.9 Å². The van der Waals surface area contributed by atoms with Gasteiger partial charge in [-0.25, -0.2) is 0 Å². The van der Waals surface area contributed by atoms with Crippen molar-refractivity contribution >= 4 is 5.91 Å². The van der Waals surface area contributed by atoms with Gasteiger partial charge in [-0.15, -0.1) is 0 Å². The van der Waals surface area contributed by atoms with Crippen LogP contribution in [0.3, 0.4) is 0 Å². The molecule has 1 amide bonds. The third-order valence-corrected chi connectivity index (χ3v) is 2.61. The van der Waals surface area contributed by atoms with Crippen molar-refractivity contribution in [1.29, 1.82) is 0 Å². The summed E-state index contributed by atoms with van der Waals surface area (Å²) in [5.41, 5.74) is 0.478. The van der Waals surface area contributed by atoms with Crippen LogP contribution >= 0.6 is 0 Å². The molecule has 1 rings (SSSR count). The zero-order valence-corrected chi connectivity index (χ0v) is 11.9. The number of carbonyl (C=O) groups excluding carboxylic acids is 1. The summed E-state index contributed by atoms with van der Waals surface area (Å²) < 4.78 is 10.4. The molecule has 1 aromatic carbocycles. The van der Waals surface area contributed by atoms with Crippen LogP contribution in [0.1, 0.15) is 24.2 Å². The summed E-state index contributed by atoms with van der Waals surface area (Å²) in [4.78, 5) is 12.1. The highest BCUT2D eigenvalue weighted by Crippen LogP contribution is 2.30. The van der Waals surface area contributed by atoms with Crippen LogP contribution in [0.15, 0.2) is 18.2 Å². The molecule has 5 nitrogen and oxygen atoms in total. The first kappa shape index (κ1) is 15.3. The van der Waals surface area contributed by atoms with Gasteiger partial charge in [0, 0.05) is 19.1 Å². The first-order valence-corrected chi connectivity index (χ1v) is 6.32. The van der Waals surface area contributed by atoms with Crippen molar-refractivity contribution in [3.8, 4) is 11.5 Å². The molecule has 0 fully saturated rings. The Morgan fingerprint density at radius 1 is 1.21 bits per heavy atom. The number of para-hydroxylation sites is 1. The average molecular weight is 266 g/mol. The molecule has 0 atom stereocenters. The standard InChI is InChI=1S/C14H22N2O3/c1-10(2)15-8-9-16-14(17)11-6-5-7-12(18-3)13(11)19-4/h5-7,10,15H,8-9H2,1-4H3,(H,16,17). The summed E-state index contributed by atoms with van der Waals surface area (Å²) in [6.07, 6.45) is 0. The molecule has 1 aromatic rings. The van der Waals surface area contributed by atoms with E-state index in [-0.39, 0.29) is 5.91 Å². The number of benzene rings is 1. The zero-order valence-electron chi connectivity index (χ0n) is 11.9. The van der Waals surface area contributed by atoms with E-state index in [4.69, 9.17) is 9.47 Å². The fourth-order valence-electron chi connectivity index (χ4n) is 1.70. The minimum absolute atomic E-state index is 0.165. The van der Waals surface area contributed by atoms with Crippen LogP contribution < -0.4 is 20.1 Å². The Labute approximate surface area is 114 Å². The third-order valence-electron chi connectivity index (χ3n) is 2.61. The molecule has 5 heteroatoms. The Balaban J connectivity index is 2.66. The van der Waals surface area contributed by atoms with Gasteiger partial charge in [-0.2, -0.15) is 0 Å². The lowest BCUT2D eigenvalue weighted by atomic mass is 10.1. The van der Waals surface area contributed by atoms with E-state index in [2.05, 4.69) is 24.5 Å². The molecule has 0 spiro atoms. The molecule has 0 aliphatic carbocycles. The smallest absolute Gasteiger partial charge is 0.255 e. The molecular weight excluding hydrogens is 244 g/mol. The van der Waals surface area contributed by atoms with Crippen LogP contribution in [0.5, 0.6) is 11.5 Å². The SMILES string of the molecule is COc1cccc(C(=O)NCCNC(C)C)c1OC. The summed E-state index contributed by atoms with van der Waals surface area (Å²) in [6.45, 7) is 5.42. The summed E-state index contributed by atoms with van der Waals surface area (Å²) in [5, 5.41) is 6.08. The molecule has 0 unspecified atom stereocenters. The average Bonchev–Trinajstić information content (AvgIpc) is 2.42. The quantitative estimate of drug-likeness (QED) is 0.733. The molecule has 106 valence electrons. The predicted octanol–water partition coefficient (Wildman–Crippen LogP) is 1.43. The van der Waals surface area contributed by atoms with Gasteiger partial charge in [-0.05, 0) is 12.1 Å². The Morgan fingerprint density at radius 3 is 2.53 bits per heavy atom. The van der Waals surface area contributed by atoms with Gasteiger partial charge in [-0.3, -0.25) is 4.79 Å². The highest BCUT2D eigenvalue weighted by Gasteiger charge is 2.15. The van der Waals surface area contributed by atoms with E-state index in [9.17, 15) is 4.79 Å². The van der Waals surface area contributed by atoms with Crippen molar-refractivity contribution < 1.29 is 14.3 Å². The van der Waals surface area contributed by atoms with Crippen molar-refractivity contribution in [2.75, 3.05) is 27.3 Å². The molecular formula is C14H22N2O3. The second-order valence-corrected chi connectivity index (χ2v) is 4.41. The first-order valence-electron chi connectivity index (χ1n) is 6.32. The van der Waals surface area contributed by atoms with Gasteiger partial charge < -0.3 is 20.1 Å². The van der Waals surface area contributed by atoms with Crippen LogP contribution in [0, 0.1) is 0 Å². The topological polar surface area (TPSA) is 59.6 Å². The maximum Gasteiger partial charge on any atom is 0.255 e. The van der Waals surface area contributed by atoms with E-state index in [0.29, 0.717) is 29.6 Å². The molecule has 0 saturated carbocycles. The van der Waals surface area contributed by atoms with Gasteiger partial charge >= 0.3 is 0 Å². The maximum atomic E-state index is 12.1. The highest BCUT2D eigenvalue weighted by atomic mass is 16.5. The summed E-state index contributed by atoms with van der Waals surface area (Å²) in [5.74, 6) is 0.844. The molecule has 2 N–H and O–H groups in total. The lowest BCUT2D eigenvalue weighted by Gasteiger charge is -2.13. The monoisotopic (exact) mass is 266 g/mol. The van der Waals surface area contributed by atoms with E-state index >= 15 is 0 Å². The van der Waals surface area contributed by atoms with Crippen molar-refractivity contribution in [1.82, 2.24) is 10.6 Å².